The summed E-state index contributed by atoms with van der Waals surface area (Å²) in [5.74, 6) is -0.623. The number of aromatic nitrogens is 1. The van der Waals surface area contributed by atoms with Crippen molar-refractivity contribution < 1.29 is 23.9 Å². The minimum atomic E-state index is -1.02. The van der Waals surface area contributed by atoms with Crippen molar-refractivity contribution in [2.75, 3.05) is 64.3 Å². The molecule has 3 fully saturated rings. The minimum absolute atomic E-state index is 0.00348. The first kappa shape index (κ1) is 34.0. The van der Waals surface area contributed by atoms with Gasteiger partial charge in [0.15, 0.2) is 6.10 Å². The predicted molar refractivity (Wildman–Crippen MR) is 190 cm³/mol. The number of likely N-dealkylation sites (tertiary alicyclic amines) is 1. The number of fused-ring (bicyclic) bond motifs is 2. The summed E-state index contributed by atoms with van der Waals surface area (Å²) in [7, 11) is 0. The van der Waals surface area contributed by atoms with Crippen LogP contribution in [0.3, 0.4) is 0 Å². The van der Waals surface area contributed by atoms with Crippen molar-refractivity contribution >= 4 is 34.6 Å². The van der Waals surface area contributed by atoms with Crippen LogP contribution >= 0.6 is 0 Å². The normalized spacial score (nSPS) is 20.9. The van der Waals surface area contributed by atoms with Crippen LogP contribution in [0, 0.1) is 6.92 Å². The second-order valence-corrected chi connectivity index (χ2v) is 14.2. The zero-order valence-electron chi connectivity index (χ0n) is 29.1. The van der Waals surface area contributed by atoms with Crippen molar-refractivity contribution in [2.24, 2.45) is 0 Å². The first-order valence-electron chi connectivity index (χ1n) is 18.1. The summed E-state index contributed by atoms with van der Waals surface area (Å²) >= 11 is 0. The quantitative estimate of drug-likeness (QED) is 0.396. The molecule has 3 aromatic rings. The summed E-state index contributed by atoms with van der Waals surface area (Å²) in [4.78, 5) is 64.1. The number of hydrogen-bond acceptors (Lipinski definition) is 7. The van der Waals surface area contributed by atoms with Gasteiger partial charge in [0, 0.05) is 88.8 Å². The van der Waals surface area contributed by atoms with Crippen molar-refractivity contribution in [3.05, 3.63) is 75.6 Å². The molecule has 1 aromatic heterocycles. The number of carbonyl (C=O) groups is 3. The summed E-state index contributed by atoms with van der Waals surface area (Å²) in [6.45, 7) is 9.58. The molecule has 50 heavy (non-hydrogen) atoms. The van der Waals surface area contributed by atoms with Gasteiger partial charge in [0.25, 0.3) is 5.91 Å². The number of nitrogens with one attached hydrogen (secondary N) is 2. The molecule has 2 aromatic carbocycles. The van der Waals surface area contributed by atoms with Gasteiger partial charge in [0.1, 0.15) is 0 Å². The Morgan fingerprint density at radius 3 is 2.36 bits per heavy atom. The third-order valence-electron chi connectivity index (χ3n) is 11.1. The minimum Gasteiger partial charge on any atom is -0.435 e. The molecule has 4 aliphatic rings. The topological polar surface area (TPSA) is 128 Å². The van der Waals surface area contributed by atoms with Gasteiger partial charge in [0.05, 0.1) is 5.52 Å². The number of benzene rings is 2. The molecule has 0 bridgehead atoms. The van der Waals surface area contributed by atoms with E-state index in [1.165, 1.54) is 6.07 Å². The van der Waals surface area contributed by atoms with Crippen molar-refractivity contribution in [3.8, 4) is 0 Å². The number of nitrogens with zero attached hydrogens (tertiary/aromatic N) is 4. The number of aryl methyl sites for hydroxylation is 1. The van der Waals surface area contributed by atoms with Gasteiger partial charge in [0.2, 0.25) is 5.56 Å². The third-order valence-corrected chi connectivity index (χ3v) is 11.1. The molecule has 4 aliphatic heterocycles. The molecular formula is C38H48N6O6. The number of aromatic amines is 1. The van der Waals surface area contributed by atoms with E-state index in [1.807, 2.05) is 60.0 Å². The molecule has 3 saturated heterocycles. The van der Waals surface area contributed by atoms with Crippen molar-refractivity contribution in [1.29, 1.82) is 0 Å². The van der Waals surface area contributed by atoms with Gasteiger partial charge >= 0.3 is 12.1 Å². The van der Waals surface area contributed by atoms with Crippen molar-refractivity contribution in [2.45, 2.75) is 70.1 Å². The van der Waals surface area contributed by atoms with E-state index in [0.29, 0.717) is 51.6 Å². The SMILES string of the molecule is Cc1cc(C(C)C(OC(=O)N2CCC(N3CCc4ccccc4NC3=O)CC2)C(=O)N2CCN(C3CCOCC3)CC2)cc2ccc(=O)[nH]c12. The maximum atomic E-state index is 14.3. The van der Waals surface area contributed by atoms with Crippen molar-refractivity contribution in [3.63, 3.8) is 0 Å². The summed E-state index contributed by atoms with van der Waals surface area (Å²) in [6.07, 6.45) is 2.50. The van der Waals surface area contributed by atoms with E-state index < -0.39 is 18.1 Å². The van der Waals surface area contributed by atoms with Gasteiger partial charge in [-0.2, -0.15) is 0 Å². The van der Waals surface area contributed by atoms with Crippen LogP contribution in [0.25, 0.3) is 10.9 Å². The first-order chi connectivity index (χ1) is 24.2. The zero-order valence-corrected chi connectivity index (χ0v) is 29.1. The van der Waals surface area contributed by atoms with E-state index in [9.17, 15) is 19.2 Å². The zero-order chi connectivity index (χ0) is 34.8. The van der Waals surface area contributed by atoms with Crippen LogP contribution in [0.2, 0.25) is 0 Å². The van der Waals surface area contributed by atoms with Gasteiger partial charge in [-0.15, -0.1) is 0 Å². The molecule has 0 spiro atoms. The highest BCUT2D eigenvalue weighted by atomic mass is 16.6. The molecule has 2 N–H and O–H groups in total. The molecule has 0 aliphatic carbocycles. The van der Waals surface area contributed by atoms with Gasteiger partial charge < -0.3 is 34.5 Å². The second-order valence-electron chi connectivity index (χ2n) is 14.2. The molecule has 12 heteroatoms. The first-order valence-corrected chi connectivity index (χ1v) is 18.1. The lowest BCUT2D eigenvalue weighted by molar-refractivity contribution is -0.144. The van der Waals surface area contributed by atoms with Gasteiger partial charge in [-0.1, -0.05) is 31.2 Å². The lowest BCUT2D eigenvalue weighted by atomic mass is 9.91. The fourth-order valence-corrected chi connectivity index (χ4v) is 8.10. The Labute approximate surface area is 292 Å². The van der Waals surface area contributed by atoms with E-state index in [-0.39, 0.29) is 23.5 Å². The van der Waals surface area contributed by atoms with E-state index >= 15 is 0 Å². The largest absolute Gasteiger partial charge is 0.435 e. The van der Waals surface area contributed by atoms with Crippen LogP contribution in [0.15, 0.2) is 53.3 Å². The smallest absolute Gasteiger partial charge is 0.410 e. The Morgan fingerprint density at radius 1 is 0.860 bits per heavy atom. The Morgan fingerprint density at radius 2 is 1.60 bits per heavy atom. The molecule has 2 unspecified atom stereocenters. The number of urea groups is 1. The van der Waals surface area contributed by atoms with Gasteiger partial charge in [-0.25, -0.2) is 9.59 Å². The van der Waals surface area contributed by atoms with Crippen LogP contribution in [-0.2, 0) is 20.7 Å². The number of H-pyrrole nitrogens is 1. The van der Waals surface area contributed by atoms with E-state index in [0.717, 1.165) is 78.8 Å². The third kappa shape index (κ3) is 7.22. The number of anilines is 1. The van der Waals surface area contributed by atoms with E-state index in [1.54, 1.807) is 11.0 Å². The standard InChI is InChI=1S/C38H48N6O6/c1-25-23-29(24-28-7-8-33(45)40-34(25)28)26(2)35(36(46)42-19-17-41(18-20-42)30-12-21-49-22-13-30)50-38(48)43-14-10-31(11-15-43)44-16-9-27-5-3-4-6-32(27)39-37(44)47/h3-8,23-24,26,30-31,35H,9-22H2,1-2H3,(H,39,47)(H,40,45). The number of rotatable bonds is 6. The Balaban J connectivity index is 1.05. The fraction of sp³-hybridized carbons (Fsp3) is 0.526. The highest BCUT2D eigenvalue weighted by Gasteiger charge is 2.39. The molecule has 0 saturated carbocycles. The molecular weight excluding hydrogens is 636 g/mol. The van der Waals surface area contributed by atoms with E-state index in [2.05, 4.69) is 15.2 Å². The molecule has 0 radical (unpaired) electrons. The lowest BCUT2D eigenvalue weighted by Gasteiger charge is -2.42. The highest BCUT2D eigenvalue weighted by molar-refractivity contribution is 5.91. The number of hydrogen-bond donors (Lipinski definition) is 2. The number of piperidine rings is 1. The van der Waals surface area contributed by atoms with Crippen LogP contribution in [0.1, 0.15) is 55.2 Å². The van der Waals surface area contributed by atoms with Crippen molar-refractivity contribution in [1.82, 2.24) is 24.6 Å². The van der Waals surface area contributed by atoms with Crippen LogP contribution in [0.4, 0.5) is 15.3 Å². The van der Waals surface area contributed by atoms with E-state index in [4.69, 9.17) is 9.47 Å². The summed E-state index contributed by atoms with van der Waals surface area (Å²) in [5, 5.41) is 3.91. The summed E-state index contributed by atoms with van der Waals surface area (Å²) in [6, 6.07) is 15.5. The number of carbonyl (C=O) groups excluding carboxylic acids is 3. The Hall–Kier alpha value is -4.42. The lowest BCUT2D eigenvalue weighted by Crippen LogP contribution is -2.56. The Kier molecular flexibility index (Phi) is 10.1. The van der Waals surface area contributed by atoms with Crippen LogP contribution < -0.4 is 10.9 Å². The fourth-order valence-electron chi connectivity index (χ4n) is 8.10. The number of amides is 4. The molecule has 5 heterocycles. The number of ether oxygens (including phenoxy) is 2. The van der Waals surface area contributed by atoms with Gasteiger partial charge in [-0.3, -0.25) is 14.5 Å². The van der Waals surface area contributed by atoms with Crippen LogP contribution in [-0.4, -0.2) is 120 Å². The number of para-hydroxylation sites is 1. The molecule has 7 rings (SSSR count). The molecule has 4 amide bonds. The average molecular weight is 685 g/mol. The highest BCUT2D eigenvalue weighted by Crippen LogP contribution is 2.30. The molecule has 12 nitrogen and oxygen atoms in total. The monoisotopic (exact) mass is 684 g/mol. The maximum Gasteiger partial charge on any atom is 0.410 e. The van der Waals surface area contributed by atoms with Gasteiger partial charge in [-0.05, 0) is 79.3 Å². The summed E-state index contributed by atoms with van der Waals surface area (Å²) < 4.78 is 11.8. The average Bonchev–Trinajstić information content (AvgIpc) is 3.32. The molecule has 2 atom stereocenters. The Bertz CT molecular complexity index is 1770. The molecule has 266 valence electrons. The predicted octanol–water partition coefficient (Wildman–Crippen LogP) is 4.32. The maximum absolute atomic E-state index is 14.3. The summed E-state index contributed by atoms with van der Waals surface area (Å²) in [5.41, 5.74) is 4.30. The number of piperazine rings is 1. The van der Waals surface area contributed by atoms with Crippen LogP contribution in [0.5, 0.6) is 0 Å². The number of pyridine rings is 1. The second kappa shape index (κ2) is 14.8.